The van der Waals surface area contributed by atoms with Crippen molar-refractivity contribution in [2.75, 3.05) is 30.7 Å². The lowest BCUT2D eigenvalue weighted by Crippen LogP contribution is -2.35. The fourth-order valence-corrected chi connectivity index (χ4v) is 2.63. The summed E-state index contributed by atoms with van der Waals surface area (Å²) in [5.74, 6) is 0.994. The SMILES string of the molecule is CCN1CCCC1CNc1nc(N)nc(-n2cncn2)n1. The number of aromatic nitrogens is 6. The van der Waals surface area contributed by atoms with Crippen LogP contribution in [0.2, 0.25) is 0 Å². The number of anilines is 2. The summed E-state index contributed by atoms with van der Waals surface area (Å²) in [7, 11) is 0. The first-order valence-corrected chi connectivity index (χ1v) is 7.10. The monoisotopic (exact) mass is 289 g/mol. The van der Waals surface area contributed by atoms with Crippen molar-refractivity contribution in [1.82, 2.24) is 34.6 Å². The van der Waals surface area contributed by atoms with Crippen LogP contribution in [0.1, 0.15) is 19.8 Å². The molecule has 0 spiro atoms. The van der Waals surface area contributed by atoms with Crippen LogP contribution in [0.15, 0.2) is 12.7 Å². The maximum atomic E-state index is 5.73. The van der Waals surface area contributed by atoms with Gasteiger partial charge in [0.15, 0.2) is 0 Å². The lowest BCUT2D eigenvalue weighted by molar-refractivity contribution is 0.277. The molecule has 21 heavy (non-hydrogen) atoms. The molecule has 112 valence electrons. The highest BCUT2D eigenvalue weighted by Crippen LogP contribution is 2.17. The van der Waals surface area contributed by atoms with Crippen LogP contribution in [0.5, 0.6) is 0 Å². The number of rotatable bonds is 5. The molecule has 2 aromatic rings. The van der Waals surface area contributed by atoms with Crippen LogP contribution in [0.25, 0.3) is 5.95 Å². The van der Waals surface area contributed by atoms with Gasteiger partial charge < -0.3 is 11.1 Å². The van der Waals surface area contributed by atoms with Crippen molar-refractivity contribution >= 4 is 11.9 Å². The summed E-state index contributed by atoms with van der Waals surface area (Å²) in [4.78, 5) is 18.8. The van der Waals surface area contributed by atoms with Crippen LogP contribution in [0, 0.1) is 0 Å². The molecule has 0 aromatic carbocycles. The molecule has 0 aliphatic carbocycles. The van der Waals surface area contributed by atoms with Gasteiger partial charge in [-0.3, -0.25) is 4.90 Å². The molecule has 3 rings (SSSR count). The molecule has 9 heteroatoms. The molecule has 0 radical (unpaired) electrons. The zero-order valence-electron chi connectivity index (χ0n) is 12.0. The van der Waals surface area contributed by atoms with Crippen molar-refractivity contribution in [3.05, 3.63) is 12.7 Å². The first-order chi connectivity index (χ1) is 10.3. The van der Waals surface area contributed by atoms with Gasteiger partial charge in [-0.1, -0.05) is 6.92 Å². The maximum Gasteiger partial charge on any atom is 0.258 e. The summed E-state index contributed by atoms with van der Waals surface area (Å²) in [6.45, 7) is 5.21. The van der Waals surface area contributed by atoms with Crippen molar-refractivity contribution in [2.45, 2.75) is 25.8 Å². The Morgan fingerprint density at radius 2 is 2.29 bits per heavy atom. The average molecular weight is 289 g/mol. The maximum absolute atomic E-state index is 5.73. The Hall–Kier alpha value is -2.29. The van der Waals surface area contributed by atoms with Crippen molar-refractivity contribution in [3.8, 4) is 5.95 Å². The summed E-state index contributed by atoms with van der Waals surface area (Å²) in [5, 5.41) is 7.24. The van der Waals surface area contributed by atoms with E-state index in [4.69, 9.17) is 5.73 Å². The van der Waals surface area contributed by atoms with E-state index >= 15 is 0 Å². The third-order valence-electron chi connectivity index (χ3n) is 3.67. The molecule has 0 saturated carbocycles. The Bertz CT molecular complexity index is 582. The fourth-order valence-electron chi connectivity index (χ4n) is 2.63. The molecule has 1 atom stereocenters. The highest BCUT2D eigenvalue weighted by atomic mass is 15.4. The van der Waals surface area contributed by atoms with E-state index in [0.717, 1.165) is 19.6 Å². The van der Waals surface area contributed by atoms with E-state index in [1.54, 1.807) is 0 Å². The van der Waals surface area contributed by atoms with Gasteiger partial charge in [-0.2, -0.15) is 24.7 Å². The standard InChI is InChI=1S/C12H19N9/c1-2-20-5-3-4-9(20)6-15-11-17-10(13)18-12(19-11)21-8-14-7-16-21/h7-9H,2-6H2,1H3,(H3,13,15,17,18,19). The largest absolute Gasteiger partial charge is 0.368 e. The molecule has 0 amide bonds. The Kier molecular flexibility index (Phi) is 3.91. The third kappa shape index (κ3) is 3.07. The Balaban J connectivity index is 1.71. The number of likely N-dealkylation sites (tertiary alicyclic amines) is 1. The van der Waals surface area contributed by atoms with E-state index < -0.39 is 0 Å². The lowest BCUT2D eigenvalue weighted by Gasteiger charge is -2.22. The molecule has 0 bridgehead atoms. The van der Waals surface area contributed by atoms with E-state index in [2.05, 4.69) is 42.2 Å². The van der Waals surface area contributed by atoms with Crippen molar-refractivity contribution in [3.63, 3.8) is 0 Å². The van der Waals surface area contributed by atoms with Crippen molar-refractivity contribution in [1.29, 1.82) is 0 Å². The number of hydrogen-bond donors (Lipinski definition) is 2. The fraction of sp³-hybridized carbons (Fsp3) is 0.583. The lowest BCUT2D eigenvalue weighted by atomic mass is 10.2. The van der Waals surface area contributed by atoms with E-state index in [-0.39, 0.29) is 5.95 Å². The molecular weight excluding hydrogens is 270 g/mol. The Morgan fingerprint density at radius 3 is 3.05 bits per heavy atom. The van der Waals surface area contributed by atoms with Gasteiger partial charge in [0.25, 0.3) is 5.95 Å². The van der Waals surface area contributed by atoms with Crippen LogP contribution in [-0.2, 0) is 0 Å². The zero-order valence-corrected chi connectivity index (χ0v) is 12.0. The number of nitrogens with two attached hydrogens (primary N) is 1. The van der Waals surface area contributed by atoms with Gasteiger partial charge in [-0.05, 0) is 25.9 Å². The number of hydrogen-bond acceptors (Lipinski definition) is 8. The number of nitrogen functional groups attached to an aromatic ring is 1. The summed E-state index contributed by atoms with van der Waals surface area (Å²) in [6, 6.07) is 0.516. The van der Waals surface area contributed by atoms with Crippen LogP contribution in [0.4, 0.5) is 11.9 Å². The second kappa shape index (κ2) is 6.00. The second-order valence-corrected chi connectivity index (χ2v) is 4.96. The number of nitrogens with zero attached hydrogens (tertiary/aromatic N) is 7. The summed E-state index contributed by atoms with van der Waals surface area (Å²) in [5.41, 5.74) is 5.73. The van der Waals surface area contributed by atoms with Crippen LogP contribution in [0.3, 0.4) is 0 Å². The average Bonchev–Trinajstić information content (AvgIpc) is 3.15. The summed E-state index contributed by atoms with van der Waals surface area (Å²) in [6.07, 6.45) is 5.38. The second-order valence-electron chi connectivity index (χ2n) is 4.96. The van der Waals surface area contributed by atoms with E-state index in [1.807, 2.05) is 0 Å². The van der Waals surface area contributed by atoms with Crippen molar-refractivity contribution in [2.24, 2.45) is 0 Å². The third-order valence-corrected chi connectivity index (χ3v) is 3.67. The predicted octanol–water partition coefficient (Wildman–Crippen LogP) is -0.0693. The molecule has 2 aromatic heterocycles. The van der Waals surface area contributed by atoms with Gasteiger partial charge in [0.05, 0.1) is 0 Å². The molecule has 1 aliphatic rings. The van der Waals surface area contributed by atoms with Gasteiger partial charge >= 0.3 is 0 Å². The first kappa shape index (κ1) is 13.7. The summed E-state index contributed by atoms with van der Waals surface area (Å²) >= 11 is 0. The highest BCUT2D eigenvalue weighted by molar-refractivity contribution is 5.34. The molecule has 1 fully saturated rings. The van der Waals surface area contributed by atoms with Gasteiger partial charge in [0.2, 0.25) is 11.9 Å². The molecular formula is C12H19N9. The molecule has 9 nitrogen and oxygen atoms in total. The minimum atomic E-state index is 0.164. The zero-order chi connectivity index (χ0) is 14.7. The topological polar surface area (TPSA) is 111 Å². The van der Waals surface area contributed by atoms with Gasteiger partial charge in [0, 0.05) is 12.6 Å². The molecule has 1 aliphatic heterocycles. The Labute approximate surface area is 122 Å². The molecule has 1 unspecified atom stereocenters. The van der Waals surface area contributed by atoms with E-state index in [1.165, 1.54) is 30.2 Å². The molecule has 3 N–H and O–H groups in total. The number of likely N-dealkylation sites (N-methyl/N-ethyl adjacent to an activating group) is 1. The minimum absolute atomic E-state index is 0.164. The van der Waals surface area contributed by atoms with Gasteiger partial charge in [-0.15, -0.1) is 0 Å². The highest BCUT2D eigenvalue weighted by Gasteiger charge is 2.22. The molecule has 1 saturated heterocycles. The van der Waals surface area contributed by atoms with Crippen molar-refractivity contribution < 1.29 is 0 Å². The van der Waals surface area contributed by atoms with Gasteiger partial charge in [-0.25, -0.2) is 4.98 Å². The smallest absolute Gasteiger partial charge is 0.258 e. The summed E-state index contributed by atoms with van der Waals surface area (Å²) < 4.78 is 1.46. The van der Waals surface area contributed by atoms with Crippen LogP contribution < -0.4 is 11.1 Å². The quantitative estimate of drug-likeness (QED) is 0.787. The van der Waals surface area contributed by atoms with Crippen LogP contribution in [-0.4, -0.2) is 60.3 Å². The van der Waals surface area contributed by atoms with Gasteiger partial charge in [0.1, 0.15) is 12.7 Å². The van der Waals surface area contributed by atoms with E-state index in [0.29, 0.717) is 17.9 Å². The normalized spacial score (nSPS) is 19.0. The van der Waals surface area contributed by atoms with E-state index in [9.17, 15) is 0 Å². The number of nitrogens with one attached hydrogen (secondary N) is 1. The first-order valence-electron chi connectivity index (χ1n) is 7.10. The minimum Gasteiger partial charge on any atom is -0.368 e. The van der Waals surface area contributed by atoms with Crippen LogP contribution >= 0.6 is 0 Å². The predicted molar refractivity (Wildman–Crippen MR) is 77.9 cm³/mol. The molecule has 3 heterocycles. The Morgan fingerprint density at radius 1 is 1.38 bits per heavy atom.